The van der Waals surface area contributed by atoms with E-state index in [0.717, 1.165) is 16.7 Å². The van der Waals surface area contributed by atoms with Gasteiger partial charge in [0, 0.05) is 5.92 Å². The molecule has 1 heterocycles. The number of aliphatic hydroxyl groups excluding tert-OH is 1. The molecule has 0 saturated heterocycles. The van der Waals surface area contributed by atoms with Crippen LogP contribution in [0.3, 0.4) is 0 Å². The first kappa shape index (κ1) is 25.0. The second-order valence-electron chi connectivity index (χ2n) is 9.11. The number of fused-ring (bicyclic) bond motifs is 1. The van der Waals surface area contributed by atoms with E-state index in [-0.39, 0.29) is 12.1 Å². The van der Waals surface area contributed by atoms with Gasteiger partial charge in [-0.25, -0.2) is 4.98 Å². The topological polar surface area (TPSA) is 118 Å². The molecule has 36 heavy (non-hydrogen) atoms. The number of benzene rings is 3. The van der Waals surface area contributed by atoms with E-state index in [1.807, 2.05) is 79.7 Å². The lowest BCUT2D eigenvalue weighted by atomic mass is 9.88. The number of aliphatic hydroxyl groups is 1. The second kappa shape index (κ2) is 11.6. The van der Waals surface area contributed by atoms with Crippen LogP contribution in [0.15, 0.2) is 85.1 Å². The van der Waals surface area contributed by atoms with Gasteiger partial charge in [0.1, 0.15) is 5.69 Å². The molecule has 1 aromatic heterocycles. The number of carbonyl (C=O) groups is 2. The molecular weight excluding hydrogens is 452 g/mol. The molecule has 4 rings (SSSR count). The first-order valence-corrected chi connectivity index (χ1v) is 12.0. The highest BCUT2D eigenvalue weighted by molar-refractivity contribution is 5.94. The number of amides is 2. The number of hydrogen-bond acceptors (Lipinski definition) is 5. The molecular formula is C29H30N4O3. The summed E-state index contributed by atoms with van der Waals surface area (Å²) < 4.78 is 0. The van der Waals surface area contributed by atoms with Crippen molar-refractivity contribution in [3.8, 4) is 0 Å². The normalized spacial score (nSPS) is 13.6. The van der Waals surface area contributed by atoms with Gasteiger partial charge < -0.3 is 16.2 Å². The summed E-state index contributed by atoms with van der Waals surface area (Å²) in [7, 11) is 0. The van der Waals surface area contributed by atoms with E-state index < -0.39 is 29.9 Å². The highest BCUT2D eigenvalue weighted by Gasteiger charge is 2.28. The predicted octanol–water partition coefficient (Wildman–Crippen LogP) is 3.37. The lowest BCUT2D eigenvalue weighted by molar-refractivity contribution is -0.122. The maximum atomic E-state index is 13.1. The number of nitrogens with zero attached hydrogens (tertiary/aromatic N) is 2. The molecule has 184 valence electrons. The minimum Gasteiger partial charge on any atom is -0.391 e. The van der Waals surface area contributed by atoms with E-state index in [1.165, 1.54) is 6.20 Å². The van der Waals surface area contributed by atoms with E-state index in [4.69, 9.17) is 5.73 Å². The number of aryl methyl sites for hydroxylation is 1. The van der Waals surface area contributed by atoms with Crippen LogP contribution in [-0.2, 0) is 17.6 Å². The van der Waals surface area contributed by atoms with Crippen molar-refractivity contribution in [1.29, 1.82) is 0 Å². The highest BCUT2D eigenvalue weighted by atomic mass is 16.3. The Morgan fingerprint density at radius 3 is 2.33 bits per heavy atom. The maximum absolute atomic E-state index is 13.1. The number of rotatable bonds is 10. The molecule has 0 aliphatic rings. The molecule has 4 N–H and O–H groups in total. The Morgan fingerprint density at radius 1 is 0.917 bits per heavy atom. The van der Waals surface area contributed by atoms with Crippen LogP contribution < -0.4 is 11.1 Å². The first-order chi connectivity index (χ1) is 17.4. The van der Waals surface area contributed by atoms with Gasteiger partial charge in [-0.15, -0.1) is 0 Å². The van der Waals surface area contributed by atoms with E-state index in [9.17, 15) is 14.7 Å². The van der Waals surface area contributed by atoms with Crippen LogP contribution in [0.2, 0.25) is 0 Å². The Labute approximate surface area is 210 Å². The zero-order valence-electron chi connectivity index (χ0n) is 20.2. The van der Waals surface area contributed by atoms with Crippen molar-refractivity contribution in [3.63, 3.8) is 0 Å². The molecule has 3 aromatic carbocycles. The number of nitrogens with one attached hydrogen (secondary N) is 1. The molecule has 4 aromatic rings. The third-order valence-corrected chi connectivity index (χ3v) is 6.25. The highest BCUT2D eigenvalue weighted by Crippen LogP contribution is 2.19. The zero-order valence-corrected chi connectivity index (χ0v) is 20.2. The van der Waals surface area contributed by atoms with Crippen molar-refractivity contribution in [2.24, 2.45) is 11.7 Å². The third-order valence-electron chi connectivity index (χ3n) is 6.25. The summed E-state index contributed by atoms with van der Waals surface area (Å²) in [5.41, 5.74) is 10.2. The maximum Gasteiger partial charge on any atom is 0.271 e. The van der Waals surface area contributed by atoms with Crippen LogP contribution in [0.4, 0.5) is 0 Å². The largest absolute Gasteiger partial charge is 0.391 e. The van der Waals surface area contributed by atoms with Crippen LogP contribution in [0, 0.1) is 12.8 Å². The molecule has 0 saturated carbocycles. The molecule has 0 radical (unpaired) electrons. The van der Waals surface area contributed by atoms with Gasteiger partial charge in [-0.05, 0) is 49.4 Å². The second-order valence-corrected chi connectivity index (χ2v) is 9.11. The van der Waals surface area contributed by atoms with Gasteiger partial charge in [-0.3, -0.25) is 14.6 Å². The molecule has 0 fully saturated rings. The van der Waals surface area contributed by atoms with Gasteiger partial charge in [-0.2, -0.15) is 0 Å². The Hall–Kier alpha value is -4.10. The van der Waals surface area contributed by atoms with E-state index in [2.05, 4.69) is 15.3 Å². The van der Waals surface area contributed by atoms with Crippen molar-refractivity contribution < 1.29 is 14.7 Å². The Bertz CT molecular complexity index is 1340. The van der Waals surface area contributed by atoms with Gasteiger partial charge in [0.25, 0.3) is 5.91 Å². The summed E-state index contributed by atoms with van der Waals surface area (Å²) in [6, 6.07) is 24.1. The van der Waals surface area contributed by atoms with Gasteiger partial charge in [0.15, 0.2) is 0 Å². The summed E-state index contributed by atoms with van der Waals surface area (Å²) in [4.78, 5) is 34.1. The molecule has 0 bridgehead atoms. The molecule has 0 aliphatic carbocycles. The third kappa shape index (κ3) is 6.52. The number of nitrogens with two attached hydrogens (primary N) is 1. The lowest BCUT2D eigenvalue weighted by Gasteiger charge is -2.27. The number of aromatic nitrogens is 2. The van der Waals surface area contributed by atoms with Crippen molar-refractivity contribution in [2.75, 3.05) is 0 Å². The van der Waals surface area contributed by atoms with E-state index in [0.29, 0.717) is 23.9 Å². The summed E-state index contributed by atoms with van der Waals surface area (Å²) >= 11 is 0. The lowest BCUT2D eigenvalue weighted by Crippen LogP contribution is -2.46. The van der Waals surface area contributed by atoms with E-state index in [1.54, 1.807) is 6.07 Å². The van der Waals surface area contributed by atoms with Crippen LogP contribution in [0.1, 0.15) is 33.6 Å². The summed E-state index contributed by atoms with van der Waals surface area (Å²) in [6.07, 6.45) is 1.32. The average molecular weight is 483 g/mol. The van der Waals surface area contributed by atoms with Crippen LogP contribution in [0.5, 0.6) is 0 Å². The summed E-state index contributed by atoms with van der Waals surface area (Å²) in [6.45, 7) is 1.98. The molecule has 2 amide bonds. The van der Waals surface area contributed by atoms with Gasteiger partial charge >= 0.3 is 0 Å². The number of carbonyl (C=O) groups excluding carboxylic acids is 2. The van der Waals surface area contributed by atoms with Crippen LogP contribution in [-0.4, -0.2) is 39.0 Å². The zero-order chi connectivity index (χ0) is 25.5. The fourth-order valence-corrected chi connectivity index (χ4v) is 4.34. The van der Waals surface area contributed by atoms with Gasteiger partial charge in [-0.1, -0.05) is 72.3 Å². The van der Waals surface area contributed by atoms with Crippen molar-refractivity contribution in [3.05, 3.63) is 107 Å². The van der Waals surface area contributed by atoms with Crippen molar-refractivity contribution >= 4 is 22.8 Å². The molecule has 3 atom stereocenters. The first-order valence-electron chi connectivity index (χ1n) is 12.0. The standard InChI is InChI=1S/C29H30N4O3/c1-19-8-7-11-21(14-19)15-22(28(30)35)17-27(34)25(16-20-9-3-2-4-10-20)33-29(36)26-18-31-23-12-5-6-13-24(23)32-26/h2-14,18,22,25,27,34H,15-17H2,1H3,(H2,30,35)(H,33,36)/t22-,25+,27+/m1/s1. The minimum atomic E-state index is -1.01. The number of primary amides is 1. The predicted molar refractivity (Wildman–Crippen MR) is 139 cm³/mol. The monoisotopic (exact) mass is 482 g/mol. The quantitative estimate of drug-likeness (QED) is 0.320. The van der Waals surface area contributed by atoms with Crippen molar-refractivity contribution in [1.82, 2.24) is 15.3 Å². The SMILES string of the molecule is Cc1cccc(C[C@H](C[C@H](O)[C@H](Cc2ccccc2)NC(=O)c2cnc3ccccc3n2)C(N)=O)c1. The summed E-state index contributed by atoms with van der Waals surface area (Å²) in [5.74, 6) is -1.51. The number of hydrogen-bond donors (Lipinski definition) is 3. The number of para-hydroxylation sites is 2. The average Bonchev–Trinajstić information content (AvgIpc) is 2.88. The van der Waals surface area contributed by atoms with Crippen molar-refractivity contribution in [2.45, 2.75) is 38.3 Å². The van der Waals surface area contributed by atoms with E-state index >= 15 is 0 Å². The summed E-state index contributed by atoms with van der Waals surface area (Å²) in [5, 5.41) is 14.2. The van der Waals surface area contributed by atoms with Gasteiger partial charge in [0.2, 0.25) is 5.91 Å². The fraction of sp³-hybridized carbons (Fsp3) is 0.241. The minimum absolute atomic E-state index is 0.116. The molecule has 0 spiro atoms. The molecule has 0 unspecified atom stereocenters. The molecule has 7 nitrogen and oxygen atoms in total. The van der Waals surface area contributed by atoms with Crippen LogP contribution in [0.25, 0.3) is 11.0 Å². The Balaban J connectivity index is 1.54. The smallest absolute Gasteiger partial charge is 0.271 e. The molecule has 7 heteroatoms. The van der Waals surface area contributed by atoms with Gasteiger partial charge in [0.05, 0.1) is 29.4 Å². The fourth-order valence-electron chi connectivity index (χ4n) is 4.34. The molecule has 0 aliphatic heterocycles. The van der Waals surface area contributed by atoms with Crippen LogP contribution >= 0.6 is 0 Å². The Kier molecular flexibility index (Phi) is 8.02. The Morgan fingerprint density at radius 2 is 1.61 bits per heavy atom.